The molecule has 1 aromatic heterocycles. The highest BCUT2D eigenvalue weighted by Crippen LogP contribution is 2.28. The monoisotopic (exact) mass is 326 g/mol. The Morgan fingerprint density at radius 1 is 1.13 bits per heavy atom. The zero-order valence-corrected chi connectivity index (χ0v) is 13.6. The molecule has 1 amide bonds. The van der Waals surface area contributed by atoms with Crippen LogP contribution in [-0.2, 0) is 0 Å². The van der Waals surface area contributed by atoms with Crippen molar-refractivity contribution in [2.45, 2.75) is 13.8 Å². The van der Waals surface area contributed by atoms with Gasteiger partial charge in [0.05, 0.1) is 5.69 Å². The van der Waals surface area contributed by atoms with Gasteiger partial charge in [0.25, 0.3) is 5.91 Å². The summed E-state index contributed by atoms with van der Waals surface area (Å²) < 4.78 is 13.1. The van der Waals surface area contributed by atoms with Crippen LogP contribution in [0.3, 0.4) is 0 Å². The van der Waals surface area contributed by atoms with Crippen LogP contribution in [0.25, 0.3) is 10.6 Å². The highest BCUT2D eigenvalue weighted by Gasteiger charge is 2.17. The van der Waals surface area contributed by atoms with Crippen LogP contribution in [-0.4, -0.2) is 10.9 Å². The number of rotatable bonds is 3. The van der Waals surface area contributed by atoms with Crippen LogP contribution in [0, 0.1) is 19.7 Å². The average molecular weight is 326 g/mol. The average Bonchev–Trinajstić information content (AvgIpc) is 2.93. The lowest BCUT2D eigenvalue weighted by molar-refractivity contribution is 0.102. The van der Waals surface area contributed by atoms with E-state index in [1.165, 1.54) is 23.5 Å². The van der Waals surface area contributed by atoms with Crippen molar-refractivity contribution in [2.24, 2.45) is 0 Å². The summed E-state index contributed by atoms with van der Waals surface area (Å²) in [7, 11) is 0. The van der Waals surface area contributed by atoms with Crippen molar-refractivity contribution in [3.63, 3.8) is 0 Å². The van der Waals surface area contributed by atoms with Gasteiger partial charge in [-0.3, -0.25) is 4.79 Å². The van der Waals surface area contributed by atoms with Gasteiger partial charge in [0.1, 0.15) is 15.7 Å². The third kappa shape index (κ3) is 3.29. The molecule has 0 spiro atoms. The molecule has 0 atom stereocenters. The lowest BCUT2D eigenvalue weighted by Crippen LogP contribution is -2.12. The minimum Gasteiger partial charge on any atom is -0.321 e. The van der Waals surface area contributed by atoms with E-state index in [4.69, 9.17) is 0 Å². The molecule has 0 unspecified atom stereocenters. The second-order valence-electron chi connectivity index (χ2n) is 5.21. The molecule has 3 aromatic rings. The number of nitrogens with zero attached hydrogens (tertiary/aromatic N) is 1. The zero-order chi connectivity index (χ0) is 16.4. The molecule has 0 aliphatic rings. The molecule has 0 saturated heterocycles. The Labute approximate surface area is 137 Å². The van der Waals surface area contributed by atoms with E-state index in [9.17, 15) is 9.18 Å². The largest absolute Gasteiger partial charge is 0.321 e. The minimum atomic E-state index is -0.319. The molecule has 0 fully saturated rings. The second kappa shape index (κ2) is 6.30. The number of hydrogen-bond donors (Lipinski definition) is 1. The first kappa shape index (κ1) is 15.4. The van der Waals surface area contributed by atoms with Gasteiger partial charge in [-0.15, -0.1) is 11.3 Å². The molecule has 0 radical (unpaired) electrons. The quantitative estimate of drug-likeness (QED) is 0.750. The van der Waals surface area contributed by atoms with Crippen LogP contribution in [0.2, 0.25) is 0 Å². The second-order valence-corrected chi connectivity index (χ2v) is 6.21. The van der Waals surface area contributed by atoms with Crippen molar-refractivity contribution in [1.29, 1.82) is 0 Å². The summed E-state index contributed by atoms with van der Waals surface area (Å²) in [5.74, 6) is -0.544. The van der Waals surface area contributed by atoms with E-state index >= 15 is 0 Å². The fraction of sp³-hybridized carbons (Fsp3) is 0.111. The third-order valence-electron chi connectivity index (χ3n) is 3.46. The summed E-state index contributed by atoms with van der Waals surface area (Å²) in [6.07, 6.45) is 0. The number of carbonyl (C=O) groups is 1. The molecule has 1 N–H and O–H groups in total. The third-order valence-corrected chi connectivity index (χ3v) is 4.67. The molecule has 0 bridgehead atoms. The Hall–Kier alpha value is -2.53. The fourth-order valence-electron chi connectivity index (χ4n) is 2.26. The van der Waals surface area contributed by atoms with Gasteiger partial charge in [-0.05, 0) is 37.6 Å². The Morgan fingerprint density at radius 3 is 2.57 bits per heavy atom. The van der Waals surface area contributed by atoms with E-state index in [0.717, 1.165) is 10.6 Å². The highest BCUT2D eigenvalue weighted by molar-refractivity contribution is 7.17. The van der Waals surface area contributed by atoms with Crippen LogP contribution in [0.15, 0.2) is 48.5 Å². The predicted octanol–water partition coefficient (Wildman–Crippen LogP) is 4.82. The molecule has 3 nitrogen and oxygen atoms in total. The van der Waals surface area contributed by atoms with Crippen LogP contribution in [0.1, 0.15) is 20.9 Å². The lowest BCUT2D eigenvalue weighted by atomic mass is 10.2. The van der Waals surface area contributed by atoms with Gasteiger partial charge in [-0.1, -0.05) is 30.3 Å². The molecule has 1 heterocycles. The number of carbonyl (C=O) groups excluding carboxylic acids is 1. The highest BCUT2D eigenvalue weighted by atomic mass is 32.1. The molecule has 0 aliphatic heterocycles. The van der Waals surface area contributed by atoms with E-state index in [1.807, 2.05) is 37.3 Å². The molecule has 5 heteroatoms. The number of aromatic nitrogens is 1. The Balaban J connectivity index is 1.87. The van der Waals surface area contributed by atoms with Crippen molar-refractivity contribution in [2.75, 3.05) is 5.32 Å². The van der Waals surface area contributed by atoms with Crippen molar-refractivity contribution in [3.05, 3.63) is 70.5 Å². The topological polar surface area (TPSA) is 42.0 Å². The van der Waals surface area contributed by atoms with Crippen molar-refractivity contribution >= 4 is 22.9 Å². The molecule has 2 aromatic carbocycles. The van der Waals surface area contributed by atoms with E-state index in [1.54, 1.807) is 13.0 Å². The molecular formula is C18H15FN2OS. The smallest absolute Gasteiger partial charge is 0.267 e. The summed E-state index contributed by atoms with van der Waals surface area (Å²) in [6.45, 7) is 3.57. The first-order valence-electron chi connectivity index (χ1n) is 7.15. The van der Waals surface area contributed by atoms with Gasteiger partial charge < -0.3 is 5.32 Å². The number of amides is 1. The van der Waals surface area contributed by atoms with Gasteiger partial charge in [0.15, 0.2) is 0 Å². The normalized spacial score (nSPS) is 10.6. The van der Waals surface area contributed by atoms with Crippen LogP contribution >= 0.6 is 11.3 Å². The molecule has 0 aliphatic carbocycles. The summed E-state index contributed by atoms with van der Waals surface area (Å²) >= 11 is 1.35. The number of halogens is 1. The van der Waals surface area contributed by atoms with Crippen LogP contribution < -0.4 is 5.32 Å². The fourth-order valence-corrected chi connectivity index (χ4v) is 3.22. The predicted molar refractivity (Wildman–Crippen MR) is 91.4 cm³/mol. The van der Waals surface area contributed by atoms with Crippen molar-refractivity contribution < 1.29 is 9.18 Å². The summed E-state index contributed by atoms with van der Waals surface area (Å²) in [5.41, 5.74) is 2.96. The number of benzene rings is 2. The van der Waals surface area contributed by atoms with Gasteiger partial charge in [0.2, 0.25) is 0 Å². The summed E-state index contributed by atoms with van der Waals surface area (Å²) in [6, 6.07) is 14.0. The molecule has 23 heavy (non-hydrogen) atoms. The van der Waals surface area contributed by atoms with Gasteiger partial charge in [-0.2, -0.15) is 0 Å². The van der Waals surface area contributed by atoms with Gasteiger partial charge in [-0.25, -0.2) is 9.37 Å². The van der Waals surface area contributed by atoms with E-state index in [0.29, 0.717) is 21.8 Å². The maximum Gasteiger partial charge on any atom is 0.267 e. The standard InChI is InChI=1S/C18H15FN2OS/c1-11-10-14(19)8-9-15(11)21-17(22)16-12(2)20-18(23-16)13-6-4-3-5-7-13/h3-10H,1-2H3,(H,21,22). The maximum absolute atomic E-state index is 13.1. The summed E-state index contributed by atoms with van der Waals surface area (Å²) in [5, 5.41) is 3.63. The number of hydrogen-bond acceptors (Lipinski definition) is 3. The van der Waals surface area contributed by atoms with E-state index < -0.39 is 0 Å². The van der Waals surface area contributed by atoms with Crippen molar-refractivity contribution in [1.82, 2.24) is 4.98 Å². The van der Waals surface area contributed by atoms with Crippen molar-refractivity contribution in [3.8, 4) is 10.6 Å². The Bertz CT molecular complexity index is 859. The van der Waals surface area contributed by atoms with Crippen LogP contribution in [0.4, 0.5) is 10.1 Å². The number of anilines is 1. The Kier molecular flexibility index (Phi) is 4.21. The van der Waals surface area contributed by atoms with E-state index in [2.05, 4.69) is 10.3 Å². The van der Waals surface area contributed by atoms with Gasteiger partial charge in [0, 0.05) is 11.3 Å². The molecule has 116 valence electrons. The number of aryl methyl sites for hydroxylation is 2. The first-order valence-corrected chi connectivity index (χ1v) is 7.96. The first-order chi connectivity index (χ1) is 11.0. The molecule has 3 rings (SSSR count). The molecule has 0 saturated carbocycles. The molecular weight excluding hydrogens is 311 g/mol. The minimum absolute atomic E-state index is 0.225. The zero-order valence-electron chi connectivity index (χ0n) is 12.8. The van der Waals surface area contributed by atoms with Gasteiger partial charge >= 0.3 is 0 Å². The maximum atomic E-state index is 13.1. The SMILES string of the molecule is Cc1cc(F)ccc1NC(=O)c1sc(-c2ccccc2)nc1C. The summed E-state index contributed by atoms with van der Waals surface area (Å²) in [4.78, 5) is 17.5. The number of thiazole rings is 1. The lowest BCUT2D eigenvalue weighted by Gasteiger charge is -2.07. The Morgan fingerprint density at radius 2 is 1.87 bits per heavy atom. The van der Waals surface area contributed by atoms with E-state index in [-0.39, 0.29) is 11.7 Å². The number of nitrogens with one attached hydrogen (secondary N) is 1. The van der Waals surface area contributed by atoms with Crippen LogP contribution in [0.5, 0.6) is 0 Å².